The minimum absolute atomic E-state index is 0.0225. The van der Waals surface area contributed by atoms with E-state index in [1.807, 2.05) is 42.1 Å². The molecule has 4 rings (SSSR count). The van der Waals surface area contributed by atoms with Crippen LogP contribution in [0, 0.1) is 6.92 Å². The van der Waals surface area contributed by atoms with Gasteiger partial charge in [0.25, 0.3) is 15.9 Å². The zero-order valence-electron chi connectivity index (χ0n) is 18.8. The summed E-state index contributed by atoms with van der Waals surface area (Å²) in [4.78, 5) is 14.9. The third kappa shape index (κ3) is 5.60. The summed E-state index contributed by atoms with van der Waals surface area (Å²) < 4.78 is 52.8. The van der Waals surface area contributed by atoms with Crippen LogP contribution in [-0.4, -0.2) is 44.9 Å². The van der Waals surface area contributed by atoms with E-state index >= 15 is 0 Å². The summed E-state index contributed by atoms with van der Waals surface area (Å²) >= 11 is 4.38. The van der Waals surface area contributed by atoms with Crippen LogP contribution in [0.1, 0.15) is 12.0 Å². The van der Waals surface area contributed by atoms with Crippen molar-refractivity contribution in [2.45, 2.75) is 34.4 Å². The van der Waals surface area contributed by atoms with E-state index in [0.29, 0.717) is 0 Å². The van der Waals surface area contributed by atoms with Gasteiger partial charge in [0, 0.05) is 11.8 Å². The molecule has 3 aromatic carbocycles. The van der Waals surface area contributed by atoms with Crippen molar-refractivity contribution in [1.82, 2.24) is 14.6 Å². The van der Waals surface area contributed by atoms with Crippen LogP contribution in [0.3, 0.4) is 0 Å². The van der Waals surface area contributed by atoms with Gasteiger partial charge in [-0.3, -0.25) is 10.2 Å². The molecule has 1 fully saturated rings. The highest BCUT2D eigenvalue weighted by atomic mass is 32.2. The van der Waals surface area contributed by atoms with Crippen molar-refractivity contribution < 1.29 is 21.6 Å². The number of sulfonamides is 2. The third-order valence-electron chi connectivity index (χ3n) is 5.74. The van der Waals surface area contributed by atoms with Gasteiger partial charge in [0.05, 0.1) is 9.79 Å². The lowest BCUT2D eigenvalue weighted by atomic mass is 10.1. The first-order chi connectivity index (χ1) is 16.6. The molecule has 0 saturated carbocycles. The van der Waals surface area contributed by atoms with Gasteiger partial charge in [-0.05, 0) is 48.7 Å². The van der Waals surface area contributed by atoms with Crippen LogP contribution in [0.2, 0.25) is 0 Å². The molecule has 1 heterocycles. The Labute approximate surface area is 210 Å². The van der Waals surface area contributed by atoms with Crippen LogP contribution >= 0.6 is 12.6 Å². The fraction of sp³-hybridized carbons (Fsp3) is 0.208. The highest BCUT2D eigenvalue weighted by molar-refractivity contribution is 7.89. The Bertz CT molecular complexity index is 1410. The van der Waals surface area contributed by atoms with Gasteiger partial charge in [-0.1, -0.05) is 60.2 Å². The molecule has 11 heteroatoms. The predicted molar refractivity (Wildman–Crippen MR) is 137 cm³/mol. The summed E-state index contributed by atoms with van der Waals surface area (Å²) in [6, 6.07) is 20.9. The molecule has 0 aliphatic carbocycles. The second-order valence-electron chi connectivity index (χ2n) is 8.28. The first-order valence-corrected chi connectivity index (χ1v) is 14.3. The molecule has 2 N–H and O–H groups in total. The number of nitrogens with one attached hydrogen (secondary N) is 2. The number of benzene rings is 3. The summed E-state index contributed by atoms with van der Waals surface area (Å²) in [5.74, 6) is -0.776. The summed E-state index contributed by atoms with van der Waals surface area (Å²) in [6.45, 7) is 1.85. The standard InChI is InChI=1S/C24H25N3O5S3/c1-17-7-11-21(12-8-17)34(29,30)26-25-24(28)23-15-20(33)16-27(23)35(31,32)22-13-9-19(10-14-22)18-5-3-2-4-6-18/h2-14,20,23,26,33H,15-16H2,1H3,(H,25,28)/t20-,23+/m1/s1. The lowest BCUT2D eigenvalue weighted by molar-refractivity contribution is -0.124. The number of hydrogen-bond donors (Lipinski definition) is 3. The van der Waals surface area contributed by atoms with Crippen molar-refractivity contribution in [2.24, 2.45) is 0 Å². The Morgan fingerprint density at radius 1 is 0.857 bits per heavy atom. The number of thiol groups is 1. The molecule has 3 aromatic rings. The summed E-state index contributed by atoms with van der Waals surface area (Å²) in [6.07, 6.45) is 0.141. The van der Waals surface area contributed by atoms with E-state index in [9.17, 15) is 21.6 Å². The van der Waals surface area contributed by atoms with Crippen LogP contribution in [0.15, 0.2) is 88.7 Å². The van der Waals surface area contributed by atoms with E-state index in [4.69, 9.17) is 0 Å². The highest BCUT2D eigenvalue weighted by Crippen LogP contribution is 2.30. The van der Waals surface area contributed by atoms with E-state index < -0.39 is 32.0 Å². The monoisotopic (exact) mass is 531 g/mol. The molecule has 0 unspecified atom stereocenters. The number of nitrogens with zero attached hydrogens (tertiary/aromatic N) is 1. The average molecular weight is 532 g/mol. The normalized spacial score (nSPS) is 18.9. The number of aryl methyl sites for hydroxylation is 1. The highest BCUT2D eigenvalue weighted by Gasteiger charge is 2.43. The van der Waals surface area contributed by atoms with Crippen molar-refractivity contribution in [3.8, 4) is 11.1 Å². The van der Waals surface area contributed by atoms with Crippen LogP contribution in [0.25, 0.3) is 11.1 Å². The molecule has 1 saturated heterocycles. The van der Waals surface area contributed by atoms with Crippen LogP contribution in [0.4, 0.5) is 0 Å². The van der Waals surface area contributed by atoms with Gasteiger partial charge in [0.1, 0.15) is 6.04 Å². The Morgan fingerprint density at radius 3 is 2.06 bits per heavy atom. The minimum Gasteiger partial charge on any atom is -0.276 e. The lowest BCUT2D eigenvalue weighted by Crippen LogP contribution is -2.51. The molecular weight excluding hydrogens is 506 g/mol. The number of hydrogen-bond acceptors (Lipinski definition) is 6. The van der Waals surface area contributed by atoms with Crippen molar-refractivity contribution in [2.75, 3.05) is 6.54 Å². The fourth-order valence-corrected chi connectivity index (χ4v) is 6.83. The maximum absolute atomic E-state index is 13.4. The molecule has 0 aromatic heterocycles. The van der Waals surface area contributed by atoms with E-state index in [2.05, 4.69) is 18.1 Å². The average Bonchev–Trinajstić information content (AvgIpc) is 3.26. The molecule has 1 aliphatic rings. The molecule has 1 amide bonds. The van der Waals surface area contributed by atoms with Gasteiger partial charge in [0.15, 0.2) is 0 Å². The van der Waals surface area contributed by atoms with Gasteiger partial charge in [-0.2, -0.15) is 16.9 Å². The number of rotatable bonds is 7. The number of hydrazine groups is 1. The van der Waals surface area contributed by atoms with E-state index in [0.717, 1.165) is 21.0 Å². The summed E-state index contributed by atoms with van der Waals surface area (Å²) in [5.41, 5.74) is 4.86. The zero-order valence-corrected chi connectivity index (χ0v) is 21.4. The molecule has 1 aliphatic heterocycles. The fourth-order valence-electron chi connectivity index (χ4n) is 3.85. The third-order valence-corrected chi connectivity index (χ3v) is 9.27. The van der Waals surface area contributed by atoms with Gasteiger partial charge >= 0.3 is 0 Å². The quantitative estimate of drug-likeness (QED) is 0.321. The van der Waals surface area contributed by atoms with Crippen LogP contribution in [-0.2, 0) is 24.8 Å². The van der Waals surface area contributed by atoms with Gasteiger partial charge in [-0.25, -0.2) is 16.8 Å². The summed E-state index contributed by atoms with van der Waals surface area (Å²) in [5, 5.41) is -0.377. The largest absolute Gasteiger partial charge is 0.276 e. The Morgan fingerprint density at radius 2 is 1.43 bits per heavy atom. The van der Waals surface area contributed by atoms with Crippen molar-refractivity contribution in [1.29, 1.82) is 0 Å². The van der Waals surface area contributed by atoms with Gasteiger partial charge in [-0.15, -0.1) is 4.83 Å². The molecule has 184 valence electrons. The molecule has 0 bridgehead atoms. The maximum atomic E-state index is 13.4. The summed E-state index contributed by atoms with van der Waals surface area (Å²) in [7, 11) is -8.05. The molecule has 0 spiro atoms. The second kappa shape index (κ2) is 10.1. The Balaban J connectivity index is 1.50. The predicted octanol–water partition coefficient (Wildman–Crippen LogP) is 2.73. The Kier molecular flexibility index (Phi) is 7.34. The smallest absolute Gasteiger partial charge is 0.257 e. The van der Waals surface area contributed by atoms with E-state index in [1.54, 1.807) is 24.3 Å². The van der Waals surface area contributed by atoms with Gasteiger partial charge < -0.3 is 0 Å². The number of carbonyl (C=O) groups excluding carboxylic acids is 1. The molecule has 2 atom stereocenters. The van der Waals surface area contributed by atoms with Crippen LogP contribution < -0.4 is 10.3 Å². The SMILES string of the molecule is Cc1ccc(S(=O)(=O)NNC(=O)[C@@H]2C[C@@H](S)CN2S(=O)(=O)c2ccc(-c3ccccc3)cc2)cc1. The van der Waals surface area contributed by atoms with Crippen molar-refractivity contribution >= 4 is 38.6 Å². The first-order valence-electron chi connectivity index (χ1n) is 10.8. The van der Waals surface area contributed by atoms with E-state index in [1.165, 1.54) is 24.3 Å². The molecule has 8 nitrogen and oxygen atoms in total. The maximum Gasteiger partial charge on any atom is 0.257 e. The molecule has 35 heavy (non-hydrogen) atoms. The van der Waals surface area contributed by atoms with Crippen LogP contribution in [0.5, 0.6) is 0 Å². The van der Waals surface area contributed by atoms with E-state index in [-0.39, 0.29) is 28.0 Å². The minimum atomic E-state index is -4.03. The van der Waals surface area contributed by atoms with Gasteiger partial charge in [0.2, 0.25) is 10.0 Å². The van der Waals surface area contributed by atoms with Crippen molar-refractivity contribution in [3.63, 3.8) is 0 Å². The second-order valence-corrected chi connectivity index (χ2v) is 12.6. The zero-order chi connectivity index (χ0) is 25.2. The molecular formula is C24H25N3O5S3. The van der Waals surface area contributed by atoms with Crippen molar-refractivity contribution in [3.05, 3.63) is 84.4 Å². The number of carbonyl (C=O) groups is 1. The number of amides is 1. The molecule has 0 radical (unpaired) electrons. The first kappa shape index (κ1) is 25.4. The lowest BCUT2D eigenvalue weighted by Gasteiger charge is -2.23. The topological polar surface area (TPSA) is 113 Å². The Hall–Kier alpha value is -2.70.